The number of nitrogens with one attached hydrogen (secondary N) is 1. The highest BCUT2D eigenvalue weighted by Crippen LogP contribution is 2.12. The Morgan fingerprint density at radius 2 is 2.38 bits per heavy atom. The van der Waals surface area contributed by atoms with E-state index in [1.54, 1.807) is 18.4 Å². The lowest BCUT2D eigenvalue weighted by molar-refractivity contribution is 0.160. The number of aromatic nitrogens is 1. The van der Waals surface area contributed by atoms with E-state index in [4.69, 9.17) is 4.74 Å². The van der Waals surface area contributed by atoms with Gasteiger partial charge in [0.1, 0.15) is 0 Å². The maximum Gasteiger partial charge on any atom is 0.0798 e. The van der Waals surface area contributed by atoms with Crippen molar-refractivity contribution < 1.29 is 4.74 Å². The van der Waals surface area contributed by atoms with Crippen LogP contribution in [-0.4, -0.2) is 24.7 Å². The summed E-state index contributed by atoms with van der Waals surface area (Å²) in [6.07, 6.45) is 3.67. The number of ether oxygens (including phenoxy) is 1. The van der Waals surface area contributed by atoms with Gasteiger partial charge in [0.05, 0.1) is 17.8 Å². The maximum absolute atomic E-state index is 5.23. The molecule has 1 rings (SSSR count). The first-order valence-electron chi connectivity index (χ1n) is 5.89. The fraction of sp³-hybridized carbons (Fsp3) is 0.750. The van der Waals surface area contributed by atoms with Crippen LogP contribution in [0.3, 0.4) is 0 Å². The van der Waals surface area contributed by atoms with Gasteiger partial charge in [-0.3, -0.25) is 0 Å². The lowest BCUT2D eigenvalue weighted by Crippen LogP contribution is -2.32. The molecule has 16 heavy (non-hydrogen) atoms. The molecule has 0 aliphatic carbocycles. The van der Waals surface area contributed by atoms with Crippen LogP contribution in [0.25, 0.3) is 0 Å². The van der Waals surface area contributed by atoms with Gasteiger partial charge in [0, 0.05) is 24.6 Å². The number of hydrogen-bond donors (Lipinski definition) is 1. The van der Waals surface area contributed by atoms with Crippen LogP contribution in [0.2, 0.25) is 0 Å². The molecule has 0 saturated heterocycles. The number of unbranched alkanes of at least 4 members (excludes halogenated alkanes) is 1. The normalized spacial score (nSPS) is 12.9. The zero-order valence-corrected chi connectivity index (χ0v) is 11.3. The summed E-state index contributed by atoms with van der Waals surface area (Å²) < 4.78 is 5.23. The molecule has 0 bridgehead atoms. The van der Waals surface area contributed by atoms with E-state index in [9.17, 15) is 0 Å². The van der Waals surface area contributed by atoms with Crippen molar-refractivity contribution in [3.8, 4) is 0 Å². The molecule has 1 aromatic rings. The number of methoxy groups -OCH3 is 1. The van der Waals surface area contributed by atoms with E-state index < -0.39 is 0 Å². The van der Waals surface area contributed by atoms with Crippen molar-refractivity contribution in [3.63, 3.8) is 0 Å². The fourth-order valence-electron chi connectivity index (χ4n) is 1.63. The predicted octanol–water partition coefficient (Wildman–Crippen LogP) is 2.75. The molecule has 0 spiro atoms. The van der Waals surface area contributed by atoms with Gasteiger partial charge >= 0.3 is 0 Å². The Bertz CT molecular complexity index is 288. The van der Waals surface area contributed by atoms with E-state index >= 15 is 0 Å². The standard InChI is InChI=1S/C12H22N2OS/c1-4-5-6-11(8-15-3)13-7-12-10(2)14-9-16-12/h9,11,13H,4-8H2,1-3H3. The van der Waals surface area contributed by atoms with Crippen LogP contribution in [0, 0.1) is 6.92 Å². The molecule has 1 heterocycles. The molecule has 4 heteroatoms. The molecule has 0 fully saturated rings. The van der Waals surface area contributed by atoms with Gasteiger partial charge in [0.25, 0.3) is 0 Å². The topological polar surface area (TPSA) is 34.1 Å². The Kier molecular flexibility index (Phi) is 6.61. The molecule has 0 radical (unpaired) electrons. The van der Waals surface area contributed by atoms with Gasteiger partial charge in [-0.2, -0.15) is 0 Å². The quantitative estimate of drug-likeness (QED) is 0.761. The van der Waals surface area contributed by atoms with Crippen LogP contribution in [0.15, 0.2) is 5.51 Å². The van der Waals surface area contributed by atoms with Crippen LogP contribution in [0.5, 0.6) is 0 Å². The van der Waals surface area contributed by atoms with E-state index in [-0.39, 0.29) is 0 Å². The predicted molar refractivity (Wildman–Crippen MR) is 68.9 cm³/mol. The first kappa shape index (κ1) is 13.6. The summed E-state index contributed by atoms with van der Waals surface area (Å²) in [5, 5.41) is 3.54. The lowest BCUT2D eigenvalue weighted by Gasteiger charge is -2.17. The number of thiazole rings is 1. The molecule has 0 amide bonds. The summed E-state index contributed by atoms with van der Waals surface area (Å²) in [5.41, 5.74) is 3.05. The van der Waals surface area contributed by atoms with Gasteiger partial charge in [0.15, 0.2) is 0 Å². The summed E-state index contributed by atoms with van der Waals surface area (Å²) >= 11 is 1.72. The molecule has 0 aromatic carbocycles. The van der Waals surface area contributed by atoms with Crippen molar-refractivity contribution in [2.24, 2.45) is 0 Å². The number of rotatable bonds is 8. The highest BCUT2D eigenvalue weighted by Gasteiger charge is 2.08. The molecule has 0 aliphatic heterocycles. The van der Waals surface area contributed by atoms with Crippen molar-refractivity contribution in [3.05, 3.63) is 16.1 Å². The minimum atomic E-state index is 0.464. The Balaban J connectivity index is 2.34. The monoisotopic (exact) mass is 242 g/mol. The number of hydrogen-bond acceptors (Lipinski definition) is 4. The molecule has 3 nitrogen and oxygen atoms in total. The molecule has 1 aromatic heterocycles. The molecule has 1 N–H and O–H groups in total. The average Bonchev–Trinajstić information content (AvgIpc) is 2.68. The second kappa shape index (κ2) is 7.76. The molecular formula is C12H22N2OS. The van der Waals surface area contributed by atoms with Crippen molar-refractivity contribution in [2.45, 2.75) is 45.7 Å². The van der Waals surface area contributed by atoms with E-state index in [1.807, 2.05) is 5.51 Å². The zero-order chi connectivity index (χ0) is 11.8. The third-order valence-corrected chi connectivity index (χ3v) is 3.61. The fourth-order valence-corrected chi connectivity index (χ4v) is 2.36. The number of aryl methyl sites for hydroxylation is 1. The smallest absolute Gasteiger partial charge is 0.0798 e. The van der Waals surface area contributed by atoms with E-state index in [0.29, 0.717) is 6.04 Å². The molecule has 1 atom stereocenters. The van der Waals surface area contributed by atoms with Crippen molar-refractivity contribution in [1.29, 1.82) is 0 Å². The Labute approximate surface area is 102 Å². The second-order valence-electron chi connectivity index (χ2n) is 4.04. The van der Waals surface area contributed by atoms with Gasteiger partial charge in [-0.05, 0) is 13.3 Å². The van der Waals surface area contributed by atoms with E-state index in [2.05, 4.69) is 24.1 Å². The third kappa shape index (κ3) is 4.60. The van der Waals surface area contributed by atoms with Crippen molar-refractivity contribution in [1.82, 2.24) is 10.3 Å². The SMILES string of the molecule is CCCCC(COC)NCc1scnc1C. The maximum atomic E-state index is 5.23. The molecular weight excluding hydrogens is 220 g/mol. The van der Waals surface area contributed by atoms with Gasteiger partial charge in [-0.1, -0.05) is 19.8 Å². The zero-order valence-electron chi connectivity index (χ0n) is 10.5. The van der Waals surface area contributed by atoms with Gasteiger partial charge < -0.3 is 10.1 Å². The summed E-state index contributed by atoms with van der Waals surface area (Å²) in [6, 6.07) is 0.464. The highest BCUT2D eigenvalue weighted by molar-refractivity contribution is 7.09. The Morgan fingerprint density at radius 1 is 1.56 bits per heavy atom. The largest absolute Gasteiger partial charge is 0.383 e. The van der Waals surface area contributed by atoms with Gasteiger partial charge in [-0.25, -0.2) is 4.98 Å². The summed E-state index contributed by atoms with van der Waals surface area (Å²) in [6.45, 7) is 5.98. The van der Waals surface area contributed by atoms with Crippen LogP contribution in [0.4, 0.5) is 0 Å². The first-order chi connectivity index (χ1) is 7.77. The number of nitrogens with zero attached hydrogens (tertiary/aromatic N) is 1. The van der Waals surface area contributed by atoms with Crippen LogP contribution in [0.1, 0.15) is 36.8 Å². The first-order valence-corrected chi connectivity index (χ1v) is 6.77. The Morgan fingerprint density at radius 3 is 2.94 bits per heavy atom. The second-order valence-corrected chi connectivity index (χ2v) is 4.98. The van der Waals surface area contributed by atoms with Crippen LogP contribution in [-0.2, 0) is 11.3 Å². The van der Waals surface area contributed by atoms with E-state index in [1.165, 1.54) is 24.1 Å². The van der Waals surface area contributed by atoms with Gasteiger partial charge in [0.2, 0.25) is 0 Å². The summed E-state index contributed by atoms with van der Waals surface area (Å²) in [4.78, 5) is 5.58. The molecule has 0 aliphatic rings. The highest BCUT2D eigenvalue weighted by atomic mass is 32.1. The minimum Gasteiger partial charge on any atom is -0.383 e. The Hall–Kier alpha value is -0.450. The minimum absolute atomic E-state index is 0.464. The average molecular weight is 242 g/mol. The summed E-state index contributed by atoms with van der Waals surface area (Å²) in [7, 11) is 1.76. The van der Waals surface area contributed by atoms with E-state index in [0.717, 1.165) is 18.8 Å². The molecule has 0 saturated carbocycles. The van der Waals surface area contributed by atoms with Crippen molar-refractivity contribution >= 4 is 11.3 Å². The van der Waals surface area contributed by atoms with Crippen LogP contribution < -0.4 is 5.32 Å². The summed E-state index contributed by atoms with van der Waals surface area (Å²) in [5.74, 6) is 0. The molecule has 1 unspecified atom stereocenters. The third-order valence-electron chi connectivity index (χ3n) is 2.67. The lowest BCUT2D eigenvalue weighted by atomic mass is 10.1. The van der Waals surface area contributed by atoms with Crippen molar-refractivity contribution in [2.75, 3.05) is 13.7 Å². The van der Waals surface area contributed by atoms with Gasteiger partial charge in [-0.15, -0.1) is 11.3 Å². The molecule has 92 valence electrons. The van der Waals surface area contributed by atoms with Crippen LogP contribution >= 0.6 is 11.3 Å².